The average molecular weight is 429 g/mol. The van der Waals surface area contributed by atoms with Crippen LogP contribution >= 0.6 is 11.9 Å². The Bertz CT molecular complexity index is 814. The second-order valence-electron chi connectivity index (χ2n) is 7.67. The number of amides is 1. The van der Waals surface area contributed by atoms with Crippen molar-refractivity contribution in [1.82, 2.24) is 9.80 Å². The largest absolute Gasteiger partial charge is 0.508 e. The minimum Gasteiger partial charge on any atom is -0.508 e. The molecule has 6 nitrogen and oxygen atoms in total. The molecule has 162 valence electrons. The van der Waals surface area contributed by atoms with Gasteiger partial charge in [-0.05, 0) is 42.8 Å². The zero-order chi connectivity index (χ0) is 21.3. The van der Waals surface area contributed by atoms with Gasteiger partial charge in [0.05, 0.1) is 0 Å². The lowest BCUT2D eigenvalue weighted by Crippen LogP contribution is -2.49. The van der Waals surface area contributed by atoms with Crippen molar-refractivity contribution in [3.8, 4) is 5.75 Å². The first kappa shape index (κ1) is 22.4. The molecule has 1 unspecified atom stereocenters. The molecule has 0 aromatic heterocycles. The molecule has 0 bridgehead atoms. The summed E-state index contributed by atoms with van der Waals surface area (Å²) >= 11 is 1.64. The highest BCUT2D eigenvalue weighted by Gasteiger charge is 2.20. The number of aromatic hydroxyl groups is 1. The van der Waals surface area contributed by atoms with Gasteiger partial charge in [-0.1, -0.05) is 37.3 Å². The van der Waals surface area contributed by atoms with Crippen LogP contribution < -0.4 is 5.32 Å². The van der Waals surface area contributed by atoms with Gasteiger partial charge in [0.25, 0.3) is 0 Å². The number of rotatable bonds is 6. The van der Waals surface area contributed by atoms with Gasteiger partial charge in [0.2, 0.25) is 6.41 Å². The highest BCUT2D eigenvalue weighted by atomic mass is 32.2. The Kier molecular flexibility index (Phi) is 8.39. The molecule has 1 amide bonds. The van der Waals surface area contributed by atoms with E-state index < -0.39 is 0 Å². The van der Waals surface area contributed by atoms with E-state index in [1.54, 1.807) is 18.0 Å². The van der Waals surface area contributed by atoms with Gasteiger partial charge in [0.15, 0.2) is 0 Å². The number of carbonyl (C=O) groups is 1. The third-order valence-corrected chi connectivity index (χ3v) is 6.39. The molecule has 0 radical (unpaired) electrons. The summed E-state index contributed by atoms with van der Waals surface area (Å²) in [4.78, 5) is 15.6. The quantitative estimate of drug-likeness (QED) is 0.535. The molecule has 1 saturated heterocycles. The van der Waals surface area contributed by atoms with Gasteiger partial charge in [0.1, 0.15) is 11.6 Å². The number of amidine groups is 1. The zero-order valence-corrected chi connectivity index (χ0v) is 18.7. The van der Waals surface area contributed by atoms with Gasteiger partial charge in [-0.15, -0.1) is 0 Å². The first-order chi connectivity index (χ1) is 14.6. The third kappa shape index (κ3) is 6.12. The Morgan fingerprint density at radius 3 is 2.77 bits per heavy atom. The Labute approximate surface area is 183 Å². The minimum atomic E-state index is 0.252. The lowest BCUT2D eigenvalue weighted by molar-refractivity contribution is -0.105. The maximum atomic E-state index is 10.8. The number of piperazine rings is 1. The van der Waals surface area contributed by atoms with Crippen LogP contribution in [0.2, 0.25) is 0 Å². The molecule has 3 rings (SSSR count). The topological polar surface area (TPSA) is 68.2 Å². The highest BCUT2D eigenvalue weighted by Crippen LogP contribution is 2.27. The molecule has 0 spiro atoms. The number of allylic oxidation sites excluding steroid dienone is 2. The van der Waals surface area contributed by atoms with Crippen molar-refractivity contribution in [3.05, 3.63) is 47.6 Å². The molecule has 1 atom stereocenters. The number of aryl methyl sites for hydroxylation is 1. The fourth-order valence-electron chi connectivity index (χ4n) is 3.76. The predicted molar refractivity (Wildman–Crippen MR) is 126 cm³/mol. The summed E-state index contributed by atoms with van der Waals surface area (Å²) in [6, 6.07) is 3.68. The number of carbonyl (C=O) groups excluding carboxylic acids is 1. The molecule has 30 heavy (non-hydrogen) atoms. The van der Waals surface area contributed by atoms with Gasteiger partial charge < -0.3 is 15.3 Å². The second kappa shape index (κ2) is 11.2. The average Bonchev–Trinajstić information content (AvgIpc) is 2.86. The van der Waals surface area contributed by atoms with Crippen LogP contribution in [0, 0.1) is 0 Å². The molecular weight excluding hydrogens is 396 g/mol. The third-order valence-electron chi connectivity index (χ3n) is 5.59. The lowest BCUT2D eigenvalue weighted by atomic mass is 10.0. The fraction of sp³-hybridized carbons (Fsp3) is 0.478. The molecule has 1 aromatic rings. The first-order valence-corrected chi connectivity index (χ1v) is 11.5. The number of benzene rings is 1. The van der Waals surface area contributed by atoms with Crippen molar-refractivity contribution < 1.29 is 9.90 Å². The lowest BCUT2D eigenvalue weighted by Gasteiger charge is -2.36. The summed E-state index contributed by atoms with van der Waals surface area (Å²) in [6.45, 7) is 9.07. The number of phenols is 1. The van der Waals surface area contributed by atoms with E-state index >= 15 is 0 Å². The van der Waals surface area contributed by atoms with E-state index in [2.05, 4.69) is 53.3 Å². The summed E-state index contributed by atoms with van der Waals surface area (Å²) < 4.78 is 4.79. The Hall–Kier alpha value is -2.25. The summed E-state index contributed by atoms with van der Waals surface area (Å²) in [5.74, 6) is 1.41. The smallest absolute Gasteiger partial charge is 0.211 e. The zero-order valence-electron chi connectivity index (χ0n) is 17.9. The van der Waals surface area contributed by atoms with Crippen LogP contribution in [0.15, 0.2) is 40.8 Å². The molecule has 2 aliphatic heterocycles. The van der Waals surface area contributed by atoms with Crippen molar-refractivity contribution >= 4 is 29.9 Å². The van der Waals surface area contributed by atoms with E-state index in [-0.39, 0.29) is 5.75 Å². The molecule has 0 saturated carbocycles. The van der Waals surface area contributed by atoms with Gasteiger partial charge in [0, 0.05) is 56.1 Å². The monoisotopic (exact) mass is 428 g/mol. The van der Waals surface area contributed by atoms with E-state index in [4.69, 9.17) is 4.40 Å². The van der Waals surface area contributed by atoms with E-state index in [0.29, 0.717) is 17.3 Å². The summed E-state index contributed by atoms with van der Waals surface area (Å²) in [7, 11) is 0. The van der Waals surface area contributed by atoms with Gasteiger partial charge in [-0.3, -0.25) is 9.69 Å². The molecule has 2 N–H and O–H groups in total. The van der Waals surface area contributed by atoms with E-state index in [1.807, 2.05) is 6.07 Å². The number of nitrogens with one attached hydrogen (secondary N) is 1. The van der Waals surface area contributed by atoms with Crippen LogP contribution in [-0.4, -0.2) is 65.1 Å². The number of hydrogen-bond donors (Lipinski definition) is 2. The van der Waals surface area contributed by atoms with Crippen molar-refractivity contribution in [3.63, 3.8) is 0 Å². The van der Waals surface area contributed by atoms with E-state index in [9.17, 15) is 9.90 Å². The number of nitrogens with zero attached hydrogens (tertiary/aromatic N) is 3. The van der Waals surface area contributed by atoms with Gasteiger partial charge >= 0.3 is 0 Å². The normalized spacial score (nSPS) is 24.1. The Balaban J connectivity index is 1.54. The van der Waals surface area contributed by atoms with Crippen LogP contribution in [0.3, 0.4) is 0 Å². The molecule has 1 fully saturated rings. The summed E-state index contributed by atoms with van der Waals surface area (Å²) in [6.07, 6.45) is 11.7. The van der Waals surface area contributed by atoms with Crippen LogP contribution in [0.1, 0.15) is 31.4 Å². The molecule has 2 heterocycles. The van der Waals surface area contributed by atoms with Crippen molar-refractivity contribution in [1.29, 1.82) is 0 Å². The molecule has 7 heteroatoms. The summed E-state index contributed by atoms with van der Waals surface area (Å²) in [5, 5.41) is 13.4. The van der Waals surface area contributed by atoms with Crippen molar-refractivity contribution in [2.75, 3.05) is 38.0 Å². The summed E-state index contributed by atoms with van der Waals surface area (Å²) in [5.41, 5.74) is 2.68. The highest BCUT2D eigenvalue weighted by molar-refractivity contribution is 7.98. The Morgan fingerprint density at radius 2 is 2.03 bits per heavy atom. The first-order valence-electron chi connectivity index (χ1n) is 10.7. The number of hydrogen-bond acceptors (Lipinski definition) is 6. The van der Waals surface area contributed by atoms with Crippen LogP contribution in [0.25, 0.3) is 0 Å². The predicted octanol–water partition coefficient (Wildman–Crippen LogP) is 3.63. The van der Waals surface area contributed by atoms with Crippen LogP contribution in [-0.2, 0) is 17.6 Å². The van der Waals surface area contributed by atoms with Gasteiger partial charge in [-0.25, -0.2) is 4.40 Å². The van der Waals surface area contributed by atoms with E-state index in [1.165, 1.54) is 0 Å². The number of phenolic OH excluding ortho intramolecular Hbond substituents is 1. The van der Waals surface area contributed by atoms with Gasteiger partial charge in [-0.2, -0.15) is 0 Å². The van der Waals surface area contributed by atoms with Crippen molar-refractivity contribution in [2.24, 2.45) is 4.40 Å². The molecule has 1 aromatic carbocycles. The molecular formula is C23H32N4O2S. The fourth-order valence-corrected chi connectivity index (χ4v) is 4.40. The molecule has 2 aliphatic rings. The minimum absolute atomic E-state index is 0.252. The van der Waals surface area contributed by atoms with Crippen LogP contribution in [0.4, 0.5) is 5.69 Å². The SMILES string of the molecule is CCc1cc(CCN2CCN(/C3=N/SC(C)/C=C\C=C/C3)CC2)c(O)cc1NC=O. The Morgan fingerprint density at radius 1 is 1.23 bits per heavy atom. The molecule has 0 aliphatic carbocycles. The van der Waals surface area contributed by atoms with E-state index in [0.717, 1.165) is 68.9 Å². The van der Waals surface area contributed by atoms with Crippen molar-refractivity contribution in [2.45, 2.75) is 38.4 Å². The standard InChI is InChI=1S/C23H32N4O2S/c1-3-19-15-20(22(29)16-21(19)24-17-28)9-10-26-11-13-27(14-12-26)23-8-6-4-5-7-18(2)30-25-23/h4-7,15-18,29H,3,8-14H2,1-2H3,(H,24,28)/b6-4-,7-5-,25-23+. The maximum absolute atomic E-state index is 10.8. The van der Waals surface area contributed by atoms with Crippen LogP contribution in [0.5, 0.6) is 5.75 Å². The second-order valence-corrected chi connectivity index (χ2v) is 8.80. The maximum Gasteiger partial charge on any atom is 0.211 e. The number of anilines is 1.